The molecule has 1 N–H and O–H groups in total. The summed E-state index contributed by atoms with van der Waals surface area (Å²) < 4.78 is 5.09. The van der Waals surface area contributed by atoms with E-state index < -0.39 is 5.97 Å². The van der Waals surface area contributed by atoms with Crippen LogP contribution in [0.5, 0.6) is 5.75 Å². The Balaban J connectivity index is 2.23. The molecule has 0 radical (unpaired) electrons. The van der Waals surface area contributed by atoms with Gasteiger partial charge >= 0.3 is 5.97 Å². The fourth-order valence-electron chi connectivity index (χ4n) is 1.53. The summed E-state index contributed by atoms with van der Waals surface area (Å²) in [6, 6.07) is 8.04. The first-order chi connectivity index (χ1) is 8.72. The van der Waals surface area contributed by atoms with Crippen LogP contribution in [0.25, 0.3) is 0 Å². The van der Waals surface area contributed by atoms with Crippen LogP contribution in [0.4, 0.5) is 0 Å². The molecule has 0 unspecified atom stereocenters. The van der Waals surface area contributed by atoms with Crippen molar-refractivity contribution in [3.8, 4) is 5.75 Å². The first-order valence-corrected chi connectivity index (χ1v) is 5.91. The van der Waals surface area contributed by atoms with E-state index in [2.05, 4.69) is 12.1 Å². The maximum absolute atomic E-state index is 10.2. The average molecular weight is 246 g/mol. The summed E-state index contributed by atoms with van der Waals surface area (Å²) in [5.74, 6) is -0.0460. The molecule has 0 aliphatic heterocycles. The lowest BCUT2D eigenvalue weighted by molar-refractivity contribution is -0.131. The fourth-order valence-corrected chi connectivity index (χ4v) is 1.53. The highest BCUT2D eigenvalue weighted by Gasteiger charge is 1.93. The first-order valence-electron chi connectivity index (χ1n) is 5.91. The number of unbranched alkanes of at least 4 members (excludes halogenated alkanes) is 1. The standard InChI is InChI=1S/C15H18O3/c1-18-14-11-9-13(10-12-14)7-5-3-2-4-6-8-15(16)17/h2,4,6,8-12H,3,5,7H2,1H3,(H,16,17). The number of rotatable bonds is 7. The second-order valence-corrected chi connectivity index (χ2v) is 3.87. The molecule has 0 atom stereocenters. The van der Waals surface area contributed by atoms with Crippen LogP contribution >= 0.6 is 0 Å². The van der Waals surface area contributed by atoms with Crippen molar-refractivity contribution in [3.05, 3.63) is 54.1 Å². The molecule has 0 aliphatic rings. The molecule has 1 rings (SSSR count). The van der Waals surface area contributed by atoms with E-state index in [4.69, 9.17) is 9.84 Å². The minimum Gasteiger partial charge on any atom is -0.497 e. The molecular weight excluding hydrogens is 228 g/mol. The number of methoxy groups -OCH3 is 1. The van der Waals surface area contributed by atoms with E-state index in [1.165, 1.54) is 11.6 Å². The second kappa shape index (κ2) is 8.12. The Labute approximate surface area is 107 Å². The number of hydrogen-bond donors (Lipinski definition) is 1. The fraction of sp³-hybridized carbons (Fsp3) is 0.267. The van der Waals surface area contributed by atoms with Crippen molar-refractivity contribution in [1.29, 1.82) is 0 Å². The molecule has 0 amide bonds. The summed E-state index contributed by atoms with van der Waals surface area (Å²) in [7, 11) is 1.66. The predicted molar refractivity (Wildman–Crippen MR) is 71.8 cm³/mol. The van der Waals surface area contributed by atoms with Crippen molar-refractivity contribution < 1.29 is 14.6 Å². The molecule has 0 aromatic heterocycles. The Morgan fingerprint density at radius 3 is 2.61 bits per heavy atom. The van der Waals surface area contributed by atoms with Crippen molar-refractivity contribution in [1.82, 2.24) is 0 Å². The van der Waals surface area contributed by atoms with E-state index in [0.29, 0.717) is 0 Å². The topological polar surface area (TPSA) is 46.5 Å². The van der Waals surface area contributed by atoms with E-state index in [9.17, 15) is 4.79 Å². The SMILES string of the molecule is COc1ccc(CCCC=CC=CC(=O)O)cc1. The van der Waals surface area contributed by atoms with Crippen LogP contribution < -0.4 is 4.74 Å². The van der Waals surface area contributed by atoms with Crippen LogP contribution in [-0.2, 0) is 11.2 Å². The summed E-state index contributed by atoms with van der Waals surface area (Å²) in [4.78, 5) is 10.2. The van der Waals surface area contributed by atoms with Gasteiger partial charge in [0.05, 0.1) is 7.11 Å². The van der Waals surface area contributed by atoms with E-state index >= 15 is 0 Å². The third kappa shape index (κ3) is 5.89. The van der Waals surface area contributed by atoms with Crippen molar-refractivity contribution in [2.45, 2.75) is 19.3 Å². The van der Waals surface area contributed by atoms with Crippen molar-refractivity contribution in [2.75, 3.05) is 7.11 Å². The Kier molecular flexibility index (Phi) is 6.33. The van der Waals surface area contributed by atoms with Crippen LogP contribution in [0, 0.1) is 0 Å². The molecule has 0 saturated heterocycles. The van der Waals surface area contributed by atoms with Gasteiger partial charge in [0, 0.05) is 6.08 Å². The maximum atomic E-state index is 10.2. The zero-order valence-electron chi connectivity index (χ0n) is 10.5. The van der Waals surface area contributed by atoms with Crippen LogP contribution in [0.2, 0.25) is 0 Å². The Morgan fingerprint density at radius 2 is 2.00 bits per heavy atom. The van der Waals surface area contributed by atoms with Crippen LogP contribution in [-0.4, -0.2) is 18.2 Å². The highest BCUT2D eigenvalue weighted by Crippen LogP contribution is 2.13. The normalized spacial score (nSPS) is 11.2. The number of carbonyl (C=O) groups is 1. The van der Waals surface area contributed by atoms with Crippen molar-refractivity contribution >= 4 is 5.97 Å². The summed E-state index contributed by atoms with van der Waals surface area (Å²) >= 11 is 0. The van der Waals surface area contributed by atoms with Gasteiger partial charge in [0.25, 0.3) is 0 Å². The smallest absolute Gasteiger partial charge is 0.328 e. The summed E-state index contributed by atoms with van der Waals surface area (Å²) in [6.07, 6.45) is 9.40. The van der Waals surface area contributed by atoms with E-state index in [1.54, 1.807) is 13.2 Å². The number of ether oxygens (including phenoxy) is 1. The average Bonchev–Trinajstić information content (AvgIpc) is 2.38. The monoisotopic (exact) mass is 246 g/mol. The van der Waals surface area contributed by atoms with E-state index in [1.807, 2.05) is 18.2 Å². The highest BCUT2D eigenvalue weighted by molar-refractivity contribution is 5.80. The predicted octanol–water partition coefficient (Wildman–Crippen LogP) is 3.21. The van der Waals surface area contributed by atoms with Gasteiger partial charge in [-0.1, -0.05) is 30.4 Å². The molecule has 0 aliphatic carbocycles. The third-order valence-electron chi connectivity index (χ3n) is 2.48. The lowest BCUT2D eigenvalue weighted by atomic mass is 10.1. The van der Waals surface area contributed by atoms with Gasteiger partial charge in [-0.3, -0.25) is 0 Å². The zero-order chi connectivity index (χ0) is 13.2. The lowest BCUT2D eigenvalue weighted by Gasteiger charge is -2.02. The Hall–Kier alpha value is -2.03. The van der Waals surface area contributed by atoms with Gasteiger partial charge < -0.3 is 9.84 Å². The molecule has 3 nitrogen and oxygen atoms in total. The number of carboxylic acids is 1. The van der Waals surface area contributed by atoms with Crippen LogP contribution in [0.3, 0.4) is 0 Å². The highest BCUT2D eigenvalue weighted by atomic mass is 16.5. The van der Waals surface area contributed by atoms with Crippen LogP contribution in [0.1, 0.15) is 18.4 Å². The minimum atomic E-state index is -0.919. The van der Waals surface area contributed by atoms with Gasteiger partial charge in [-0.2, -0.15) is 0 Å². The van der Waals surface area contributed by atoms with Crippen molar-refractivity contribution in [3.63, 3.8) is 0 Å². The number of carboxylic acid groups (broad SMARTS) is 1. The molecule has 0 fully saturated rings. The molecule has 0 saturated carbocycles. The van der Waals surface area contributed by atoms with Gasteiger partial charge in [0.2, 0.25) is 0 Å². The molecule has 0 spiro atoms. The second-order valence-electron chi connectivity index (χ2n) is 3.87. The molecule has 1 aromatic rings. The Bertz CT molecular complexity index is 416. The molecular formula is C15H18O3. The maximum Gasteiger partial charge on any atom is 0.328 e. The molecule has 3 heteroatoms. The van der Waals surface area contributed by atoms with Gasteiger partial charge in [-0.05, 0) is 37.0 Å². The van der Waals surface area contributed by atoms with E-state index in [0.717, 1.165) is 31.1 Å². The number of aliphatic carboxylic acids is 1. The molecule has 1 aromatic carbocycles. The third-order valence-corrected chi connectivity index (χ3v) is 2.48. The summed E-state index contributed by atoms with van der Waals surface area (Å²) in [6.45, 7) is 0. The number of aryl methyl sites for hydroxylation is 1. The van der Waals surface area contributed by atoms with Gasteiger partial charge in [-0.25, -0.2) is 4.79 Å². The number of allylic oxidation sites excluding steroid dienone is 3. The number of benzene rings is 1. The first kappa shape index (κ1) is 14.0. The summed E-state index contributed by atoms with van der Waals surface area (Å²) in [5.41, 5.74) is 1.28. The largest absolute Gasteiger partial charge is 0.497 e. The Morgan fingerprint density at radius 1 is 1.28 bits per heavy atom. The summed E-state index contributed by atoms with van der Waals surface area (Å²) in [5, 5.41) is 8.38. The van der Waals surface area contributed by atoms with Gasteiger partial charge in [0.1, 0.15) is 5.75 Å². The van der Waals surface area contributed by atoms with Gasteiger partial charge in [0.15, 0.2) is 0 Å². The minimum absolute atomic E-state index is 0.873. The lowest BCUT2D eigenvalue weighted by Crippen LogP contribution is -1.86. The zero-order valence-corrected chi connectivity index (χ0v) is 10.5. The van der Waals surface area contributed by atoms with Crippen LogP contribution in [0.15, 0.2) is 48.6 Å². The molecule has 18 heavy (non-hydrogen) atoms. The molecule has 0 heterocycles. The molecule has 0 bridgehead atoms. The number of hydrogen-bond acceptors (Lipinski definition) is 2. The van der Waals surface area contributed by atoms with Gasteiger partial charge in [-0.15, -0.1) is 0 Å². The van der Waals surface area contributed by atoms with E-state index in [-0.39, 0.29) is 0 Å². The molecule has 96 valence electrons. The quantitative estimate of drug-likeness (QED) is 0.456. The van der Waals surface area contributed by atoms with Crippen molar-refractivity contribution in [2.24, 2.45) is 0 Å².